The summed E-state index contributed by atoms with van der Waals surface area (Å²) in [6.07, 6.45) is 7.76. The van der Waals surface area contributed by atoms with Crippen molar-refractivity contribution in [3.63, 3.8) is 0 Å². The molecule has 0 bridgehead atoms. The second-order valence-corrected chi connectivity index (χ2v) is 4.49. The van der Waals surface area contributed by atoms with Crippen molar-refractivity contribution < 1.29 is 9.32 Å². The van der Waals surface area contributed by atoms with Crippen LogP contribution in [0.15, 0.2) is 35.9 Å². The minimum atomic E-state index is -0.118. The molecule has 4 heteroatoms. The number of carbonyl (C=O) groups excluding carboxylic acids is 1. The Kier molecular flexibility index (Phi) is 4.00. The molecule has 1 aromatic rings. The van der Waals surface area contributed by atoms with E-state index in [-0.39, 0.29) is 5.91 Å². The minimum absolute atomic E-state index is 0.118. The van der Waals surface area contributed by atoms with Gasteiger partial charge in [-0.2, -0.15) is 0 Å². The maximum atomic E-state index is 12.3. The first-order valence-corrected chi connectivity index (χ1v) is 6.46. The van der Waals surface area contributed by atoms with Crippen LogP contribution >= 0.6 is 0 Å². The Morgan fingerprint density at radius 3 is 2.79 bits per heavy atom. The van der Waals surface area contributed by atoms with Gasteiger partial charge in [-0.25, -0.2) is 0 Å². The van der Waals surface area contributed by atoms with Gasteiger partial charge in [0.15, 0.2) is 0 Å². The zero-order valence-electron chi connectivity index (χ0n) is 11.1. The van der Waals surface area contributed by atoms with Crippen molar-refractivity contribution in [3.05, 3.63) is 48.4 Å². The molecule has 1 fully saturated rings. The van der Waals surface area contributed by atoms with Crippen LogP contribution in [0.1, 0.15) is 41.6 Å². The van der Waals surface area contributed by atoms with Crippen LogP contribution in [0.3, 0.4) is 0 Å². The first-order chi connectivity index (χ1) is 9.21. The van der Waals surface area contributed by atoms with Crippen LogP contribution in [0.4, 0.5) is 0 Å². The zero-order valence-corrected chi connectivity index (χ0v) is 11.1. The maximum Gasteiger partial charge on any atom is 0.257 e. The third-order valence-corrected chi connectivity index (χ3v) is 3.01. The number of aromatic nitrogens is 1. The molecule has 1 saturated carbocycles. The van der Waals surface area contributed by atoms with Gasteiger partial charge in [0.2, 0.25) is 0 Å². The van der Waals surface area contributed by atoms with Crippen molar-refractivity contribution in [1.29, 1.82) is 0 Å². The Morgan fingerprint density at radius 1 is 1.53 bits per heavy atom. The molecular formula is C15H18N2O2. The summed E-state index contributed by atoms with van der Waals surface area (Å²) in [7, 11) is 0. The molecule has 2 rings (SSSR count). The Balaban J connectivity index is 2.40. The largest absolute Gasteiger partial charge is 0.360 e. The highest BCUT2D eigenvalue weighted by atomic mass is 16.5. The SMILES string of the molecule is C=C/C=C(\C=C)c1noc(CC)c1C(=O)NC1CC1. The van der Waals surface area contributed by atoms with Gasteiger partial charge in [-0.05, 0) is 12.8 Å². The molecule has 1 N–H and O–H groups in total. The van der Waals surface area contributed by atoms with E-state index < -0.39 is 0 Å². The topological polar surface area (TPSA) is 55.1 Å². The molecule has 0 aromatic carbocycles. The second kappa shape index (κ2) is 5.69. The summed E-state index contributed by atoms with van der Waals surface area (Å²) in [6.45, 7) is 9.32. The lowest BCUT2D eigenvalue weighted by Crippen LogP contribution is -2.26. The van der Waals surface area contributed by atoms with Crippen molar-refractivity contribution in [2.45, 2.75) is 32.2 Å². The fourth-order valence-electron chi connectivity index (χ4n) is 1.85. The summed E-state index contributed by atoms with van der Waals surface area (Å²) in [6, 6.07) is 0.301. The molecule has 1 amide bonds. The third kappa shape index (κ3) is 2.84. The van der Waals surface area contributed by atoms with E-state index in [2.05, 4.69) is 23.6 Å². The zero-order chi connectivity index (χ0) is 13.8. The van der Waals surface area contributed by atoms with E-state index in [0.717, 1.165) is 18.4 Å². The van der Waals surface area contributed by atoms with E-state index in [1.165, 1.54) is 0 Å². The maximum absolute atomic E-state index is 12.3. The number of carbonyl (C=O) groups is 1. The Labute approximate surface area is 112 Å². The van der Waals surface area contributed by atoms with Crippen molar-refractivity contribution in [2.75, 3.05) is 0 Å². The molecule has 1 heterocycles. The van der Waals surface area contributed by atoms with Gasteiger partial charge in [-0.15, -0.1) is 0 Å². The number of allylic oxidation sites excluding steroid dienone is 4. The molecule has 100 valence electrons. The van der Waals surface area contributed by atoms with E-state index >= 15 is 0 Å². The first-order valence-electron chi connectivity index (χ1n) is 6.46. The van der Waals surface area contributed by atoms with Gasteiger partial charge in [-0.1, -0.05) is 43.5 Å². The molecule has 0 radical (unpaired) electrons. The van der Waals surface area contributed by atoms with Crippen molar-refractivity contribution in [1.82, 2.24) is 10.5 Å². The van der Waals surface area contributed by atoms with Crippen LogP contribution in [0.2, 0.25) is 0 Å². The quantitative estimate of drug-likeness (QED) is 0.798. The minimum Gasteiger partial charge on any atom is -0.360 e. The van der Waals surface area contributed by atoms with E-state index in [9.17, 15) is 4.79 Å². The number of aryl methyl sites for hydroxylation is 1. The van der Waals surface area contributed by atoms with E-state index in [4.69, 9.17) is 4.52 Å². The van der Waals surface area contributed by atoms with Crippen molar-refractivity contribution in [2.24, 2.45) is 0 Å². The summed E-state index contributed by atoms with van der Waals surface area (Å²) in [4.78, 5) is 12.3. The van der Waals surface area contributed by atoms with Gasteiger partial charge >= 0.3 is 0 Å². The summed E-state index contributed by atoms with van der Waals surface area (Å²) < 4.78 is 5.26. The molecule has 1 aromatic heterocycles. The smallest absolute Gasteiger partial charge is 0.257 e. The Morgan fingerprint density at radius 2 is 2.26 bits per heavy atom. The van der Waals surface area contributed by atoms with Gasteiger partial charge in [0.1, 0.15) is 17.0 Å². The summed E-state index contributed by atoms with van der Waals surface area (Å²) >= 11 is 0. The van der Waals surface area contributed by atoms with Gasteiger partial charge in [0.05, 0.1) is 0 Å². The molecule has 19 heavy (non-hydrogen) atoms. The van der Waals surface area contributed by atoms with Crippen molar-refractivity contribution >= 4 is 11.5 Å². The average molecular weight is 258 g/mol. The molecular weight excluding hydrogens is 240 g/mol. The number of amides is 1. The molecule has 0 unspecified atom stereocenters. The molecule has 4 nitrogen and oxygen atoms in total. The standard InChI is InChI=1S/C15H18N2O2/c1-4-7-10(5-2)14-13(12(6-3)19-17-14)15(18)16-11-8-9-11/h4-5,7,11H,1-2,6,8-9H2,3H3,(H,16,18)/b10-7+. The molecule has 1 aliphatic rings. The normalized spacial score (nSPS) is 15.1. The predicted molar refractivity (Wildman–Crippen MR) is 74.7 cm³/mol. The van der Waals surface area contributed by atoms with E-state index in [1.807, 2.05) is 6.92 Å². The van der Waals surface area contributed by atoms with E-state index in [1.54, 1.807) is 18.2 Å². The Bertz CT molecular complexity index is 536. The number of hydrogen-bond acceptors (Lipinski definition) is 3. The summed E-state index contributed by atoms with van der Waals surface area (Å²) in [5, 5.41) is 6.97. The lowest BCUT2D eigenvalue weighted by Gasteiger charge is -2.04. The predicted octanol–water partition coefficient (Wildman–Crippen LogP) is 2.88. The lowest BCUT2D eigenvalue weighted by molar-refractivity contribution is 0.0949. The van der Waals surface area contributed by atoms with Gasteiger partial charge in [-0.3, -0.25) is 4.79 Å². The third-order valence-electron chi connectivity index (χ3n) is 3.01. The van der Waals surface area contributed by atoms with Crippen LogP contribution in [-0.2, 0) is 6.42 Å². The summed E-state index contributed by atoms with van der Waals surface area (Å²) in [5.74, 6) is 0.484. The van der Waals surface area contributed by atoms with Crippen LogP contribution < -0.4 is 5.32 Å². The molecule has 0 spiro atoms. The van der Waals surface area contributed by atoms with Gasteiger partial charge in [0, 0.05) is 18.0 Å². The molecule has 0 saturated heterocycles. The van der Waals surface area contributed by atoms with Crippen LogP contribution in [0.25, 0.3) is 5.57 Å². The molecule has 1 aliphatic carbocycles. The number of nitrogens with one attached hydrogen (secondary N) is 1. The number of rotatable bonds is 6. The van der Waals surface area contributed by atoms with E-state index in [0.29, 0.717) is 29.5 Å². The summed E-state index contributed by atoms with van der Waals surface area (Å²) in [5.41, 5.74) is 1.78. The van der Waals surface area contributed by atoms with Crippen molar-refractivity contribution in [3.8, 4) is 0 Å². The molecule has 0 atom stereocenters. The van der Waals surface area contributed by atoms with Gasteiger partial charge in [0.25, 0.3) is 5.91 Å². The highest BCUT2D eigenvalue weighted by Gasteiger charge is 2.29. The monoisotopic (exact) mass is 258 g/mol. The average Bonchev–Trinajstić information content (AvgIpc) is 3.11. The van der Waals surface area contributed by atoms with Crippen LogP contribution in [0.5, 0.6) is 0 Å². The van der Waals surface area contributed by atoms with Gasteiger partial charge < -0.3 is 9.84 Å². The fourth-order valence-corrected chi connectivity index (χ4v) is 1.85. The van der Waals surface area contributed by atoms with Crippen LogP contribution in [-0.4, -0.2) is 17.1 Å². The second-order valence-electron chi connectivity index (χ2n) is 4.49. The fraction of sp³-hybridized carbons (Fsp3) is 0.333. The molecule has 0 aliphatic heterocycles. The highest BCUT2D eigenvalue weighted by Crippen LogP contribution is 2.25. The lowest BCUT2D eigenvalue weighted by atomic mass is 10.0. The highest BCUT2D eigenvalue weighted by molar-refractivity contribution is 6.00. The number of hydrogen-bond donors (Lipinski definition) is 1. The van der Waals surface area contributed by atoms with Crippen LogP contribution in [0, 0.1) is 0 Å². The number of nitrogens with zero attached hydrogens (tertiary/aromatic N) is 1. The Hall–Kier alpha value is -2.10. The first kappa shape index (κ1) is 13.3.